The molecule has 5 N–H and O–H groups in total. The lowest BCUT2D eigenvalue weighted by Gasteiger charge is -2.19. The summed E-state index contributed by atoms with van der Waals surface area (Å²) >= 11 is 0. The molecule has 2 aromatic rings. The number of hydrogen-bond donors (Lipinski definition) is 4. The molecular weight excluding hydrogens is 396 g/mol. The number of amidine groups is 1. The number of nitrogens with one attached hydrogen (secondary N) is 2. The molecular formula is C19H24N4O5S. The third-order valence-corrected chi connectivity index (χ3v) is 5.98. The predicted octanol–water partition coefficient (Wildman–Crippen LogP) is 2.42. The minimum atomic E-state index is -3.95. The fourth-order valence-electron chi connectivity index (χ4n) is 3.26. The lowest BCUT2D eigenvalue weighted by Crippen LogP contribution is -2.31. The van der Waals surface area contributed by atoms with Gasteiger partial charge in [-0.15, -0.1) is 0 Å². The molecule has 1 heterocycles. The minimum absolute atomic E-state index is 0.0466. The Hall–Kier alpha value is -2.85. The van der Waals surface area contributed by atoms with E-state index in [9.17, 15) is 13.2 Å². The second kappa shape index (κ2) is 8.66. The fraction of sp³-hybridized carbons (Fsp3) is 0.368. The lowest BCUT2D eigenvalue weighted by molar-refractivity contribution is 0.0678. The minimum Gasteiger partial charge on any atom is -0.451 e. The molecule has 0 spiro atoms. The molecule has 1 aromatic carbocycles. The van der Waals surface area contributed by atoms with E-state index in [1.807, 2.05) is 0 Å². The molecule has 0 saturated heterocycles. The van der Waals surface area contributed by atoms with Crippen LogP contribution in [-0.2, 0) is 10.0 Å². The summed E-state index contributed by atoms with van der Waals surface area (Å²) in [5.41, 5.74) is 7.85. The Labute approximate surface area is 168 Å². The first-order valence-corrected chi connectivity index (χ1v) is 10.8. The van der Waals surface area contributed by atoms with Crippen molar-refractivity contribution in [3.63, 3.8) is 0 Å². The van der Waals surface area contributed by atoms with Crippen LogP contribution in [0, 0.1) is 0 Å². The molecule has 1 saturated carbocycles. The van der Waals surface area contributed by atoms with Gasteiger partial charge in [0.25, 0.3) is 10.0 Å². The van der Waals surface area contributed by atoms with E-state index in [0.717, 1.165) is 32.1 Å². The number of furan rings is 1. The number of rotatable bonds is 5. The van der Waals surface area contributed by atoms with E-state index in [4.69, 9.17) is 15.4 Å². The highest BCUT2D eigenvalue weighted by atomic mass is 32.2. The summed E-state index contributed by atoms with van der Waals surface area (Å²) in [5, 5.41) is 9.23. The van der Waals surface area contributed by atoms with Gasteiger partial charge in [0, 0.05) is 17.1 Å². The standard InChI is InChI=1S/C19H24N4O5S/c1-12(20)9-18(21-14-5-3-2-4-6-14)23-29(26,27)15-8-7-13-10-17(19(24)22-25)28-16(13)11-15/h7-11,14,25H,2-6,20H2,1H3,(H,21,23)(H,22,24). The number of nitrogens with zero attached hydrogens (tertiary/aromatic N) is 1. The second-order valence-corrected chi connectivity index (χ2v) is 8.73. The third-order valence-electron chi connectivity index (χ3n) is 4.63. The van der Waals surface area contributed by atoms with Crippen LogP contribution in [0.5, 0.6) is 0 Å². The number of hydroxylamine groups is 1. The van der Waals surface area contributed by atoms with Gasteiger partial charge in [-0.1, -0.05) is 19.3 Å². The third kappa shape index (κ3) is 5.15. The average molecular weight is 420 g/mol. The number of benzene rings is 1. The maximum atomic E-state index is 12.9. The van der Waals surface area contributed by atoms with Crippen molar-refractivity contribution in [2.24, 2.45) is 10.7 Å². The van der Waals surface area contributed by atoms with E-state index in [2.05, 4.69) is 9.71 Å². The molecule has 1 aromatic heterocycles. The molecule has 1 aliphatic rings. The Balaban J connectivity index is 1.90. The van der Waals surface area contributed by atoms with Crippen LogP contribution >= 0.6 is 0 Å². The van der Waals surface area contributed by atoms with Crippen LogP contribution in [-0.4, -0.2) is 31.4 Å². The van der Waals surface area contributed by atoms with Gasteiger partial charge < -0.3 is 10.2 Å². The van der Waals surface area contributed by atoms with Gasteiger partial charge in [-0.2, -0.15) is 0 Å². The zero-order valence-corrected chi connectivity index (χ0v) is 16.8. The molecule has 156 valence electrons. The number of carbonyl (C=O) groups is 1. The second-order valence-electron chi connectivity index (χ2n) is 7.05. The van der Waals surface area contributed by atoms with E-state index in [1.54, 1.807) is 6.92 Å². The first-order chi connectivity index (χ1) is 13.8. The Bertz CT molecular complexity index is 1060. The number of allylic oxidation sites excluding steroid dienone is 1. The molecule has 9 nitrogen and oxygen atoms in total. The maximum Gasteiger partial charge on any atom is 0.310 e. The Morgan fingerprint density at radius 2 is 2.00 bits per heavy atom. The normalized spacial score (nSPS) is 16.8. The molecule has 0 bridgehead atoms. The van der Waals surface area contributed by atoms with E-state index in [1.165, 1.54) is 35.8 Å². The Morgan fingerprint density at radius 1 is 1.28 bits per heavy atom. The van der Waals surface area contributed by atoms with Crippen molar-refractivity contribution >= 4 is 32.7 Å². The van der Waals surface area contributed by atoms with Crippen molar-refractivity contribution in [3.05, 3.63) is 41.8 Å². The van der Waals surface area contributed by atoms with Crippen molar-refractivity contribution in [2.45, 2.75) is 50.0 Å². The molecule has 0 atom stereocenters. The number of fused-ring (bicyclic) bond motifs is 1. The van der Waals surface area contributed by atoms with Crippen molar-refractivity contribution in [3.8, 4) is 0 Å². The summed E-state index contributed by atoms with van der Waals surface area (Å²) in [6.07, 6.45) is 6.63. The predicted molar refractivity (Wildman–Crippen MR) is 108 cm³/mol. The number of aliphatic imine (C=N–C) groups is 1. The highest BCUT2D eigenvalue weighted by Crippen LogP contribution is 2.24. The SMILES string of the molecule is CC(N)=CC(=NC1CCCCC1)NS(=O)(=O)c1ccc2cc(C(=O)NO)oc2c1. The van der Waals surface area contributed by atoms with Crippen molar-refractivity contribution in [1.29, 1.82) is 0 Å². The average Bonchev–Trinajstić information content (AvgIpc) is 3.10. The smallest absolute Gasteiger partial charge is 0.310 e. The first-order valence-electron chi connectivity index (χ1n) is 9.31. The van der Waals surface area contributed by atoms with Crippen molar-refractivity contribution < 1.29 is 22.8 Å². The topological polar surface area (TPSA) is 147 Å². The van der Waals surface area contributed by atoms with Crippen LogP contribution in [0.25, 0.3) is 11.0 Å². The number of hydrogen-bond acceptors (Lipinski definition) is 7. The summed E-state index contributed by atoms with van der Waals surface area (Å²) < 4.78 is 33.6. The molecule has 0 unspecified atom stereocenters. The van der Waals surface area contributed by atoms with Gasteiger partial charge in [-0.25, -0.2) is 13.9 Å². The monoisotopic (exact) mass is 420 g/mol. The molecule has 1 fully saturated rings. The summed E-state index contributed by atoms with van der Waals surface area (Å²) in [6, 6.07) is 5.69. The lowest BCUT2D eigenvalue weighted by atomic mass is 9.96. The van der Waals surface area contributed by atoms with Gasteiger partial charge in [0.2, 0.25) is 0 Å². The molecule has 0 radical (unpaired) electrons. The molecule has 0 aliphatic heterocycles. The van der Waals surface area contributed by atoms with Gasteiger partial charge in [-0.05, 0) is 44.0 Å². The van der Waals surface area contributed by atoms with Crippen LogP contribution in [0.1, 0.15) is 49.6 Å². The van der Waals surface area contributed by atoms with E-state index < -0.39 is 15.9 Å². The number of amides is 1. The highest BCUT2D eigenvalue weighted by molar-refractivity contribution is 7.90. The van der Waals surface area contributed by atoms with Crippen LogP contribution in [0.2, 0.25) is 0 Å². The van der Waals surface area contributed by atoms with Gasteiger partial charge in [0.1, 0.15) is 11.4 Å². The van der Waals surface area contributed by atoms with Crippen LogP contribution in [0.4, 0.5) is 0 Å². The van der Waals surface area contributed by atoms with Gasteiger partial charge in [-0.3, -0.25) is 19.7 Å². The zero-order chi connectivity index (χ0) is 21.0. The van der Waals surface area contributed by atoms with E-state index in [0.29, 0.717) is 11.1 Å². The quantitative estimate of drug-likeness (QED) is 0.253. The summed E-state index contributed by atoms with van der Waals surface area (Å²) in [5.74, 6) is -0.766. The van der Waals surface area contributed by atoms with Crippen LogP contribution in [0.3, 0.4) is 0 Å². The van der Waals surface area contributed by atoms with Gasteiger partial charge in [0.05, 0.1) is 10.9 Å². The van der Waals surface area contributed by atoms with Gasteiger partial charge in [0.15, 0.2) is 5.76 Å². The highest BCUT2D eigenvalue weighted by Gasteiger charge is 2.20. The number of carbonyl (C=O) groups excluding carboxylic acids is 1. The van der Waals surface area contributed by atoms with Crippen molar-refractivity contribution in [1.82, 2.24) is 10.2 Å². The summed E-state index contributed by atoms with van der Waals surface area (Å²) in [4.78, 5) is 16.0. The zero-order valence-electron chi connectivity index (χ0n) is 16.0. The molecule has 10 heteroatoms. The fourth-order valence-corrected chi connectivity index (χ4v) is 4.27. The van der Waals surface area contributed by atoms with E-state index >= 15 is 0 Å². The molecule has 1 aliphatic carbocycles. The summed E-state index contributed by atoms with van der Waals surface area (Å²) in [7, 11) is -3.95. The van der Waals surface area contributed by atoms with Crippen LogP contribution in [0.15, 0.2) is 50.3 Å². The van der Waals surface area contributed by atoms with Crippen LogP contribution < -0.4 is 15.9 Å². The van der Waals surface area contributed by atoms with Crippen molar-refractivity contribution in [2.75, 3.05) is 0 Å². The van der Waals surface area contributed by atoms with E-state index in [-0.39, 0.29) is 28.1 Å². The number of nitrogens with two attached hydrogens (primary N) is 1. The largest absolute Gasteiger partial charge is 0.451 e. The maximum absolute atomic E-state index is 12.9. The molecule has 3 rings (SSSR count). The first kappa shape index (κ1) is 20.9. The summed E-state index contributed by atoms with van der Waals surface area (Å²) in [6.45, 7) is 1.66. The number of sulfonamides is 1. The Kier molecular flexibility index (Phi) is 6.23. The molecule has 1 amide bonds. The van der Waals surface area contributed by atoms with Gasteiger partial charge >= 0.3 is 5.91 Å². The molecule has 29 heavy (non-hydrogen) atoms. The Morgan fingerprint density at radius 3 is 2.66 bits per heavy atom.